The fourth-order valence-electron chi connectivity index (χ4n) is 2.67. The second-order valence-corrected chi connectivity index (χ2v) is 7.69. The molecule has 1 aliphatic heterocycles. The Morgan fingerprint density at radius 3 is 2.74 bits per heavy atom. The van der Waals surface area contributed by atoms with Gasteiger partial charge in [-0.3, -0.25) is 14.8 Å². The van der Waals surface area contributed by atoms with Crippen LogP contribution in [0.5, 0.6) is 0 Å². The number of hydrogen-bond acceptors (Lipinski definition) is 4. The van der Waals surface area contributed by atoms with Gasteiger partial charge in [-0.15, -0.1) is 0 Å². The van der Waals surface area contributed by atoms with Gasteiger partial charge in [0.15, 0.2) is 5.17 Å². The number of fused-ring (bicyclic) bond motifs is 1. The van der Waals surface area contributed by atoms with Gasteiger partial charge in [0.1, 0.15) is 0 Å². The van der Waals surface area contributed by atoms with E-state index in [9.17, 15) is 4.79 Å². The van der Waals surface area contributed by atoms with Crippen molar-refractivity contribution in [3.05, 3.63) is 80.8 Å². The monoisotopic (exact) mass is 413 g/mol. The highest BCUT2D eigenvalue weighted by molar-refractivity contribution is 8.18. The third-order valence-corrected chi connectivity index (χ3v) is 5.67. The standard InChI is InChI=1S/C20H13Cl2N3OS/c21-15-4-1-5-16(22)14(15)11-24-20-25-19(26)18(27-20)10-12-6-7-17-13(9-12)3-2-8-23-17/h1-10H,11H2,(H,24,25,26)/b18-10-. The quantitative estimate of drug-likeness (QED) is 0.592. The zero-order valence-corrected chi connectivity index (χ0v) is 16.3. The number of nitrogens with zero attached hydrogens (tertiary/aromatic N) is 2. The van der Waals surface area contributed by atoms with E-state index in [-0.39, 0.29) is 5.91 Å². The van der Waals surface area contributed by atoms with Crippen molar-refractivity contribution in [2.45, 2.75) is 6.54 Å². The molecule has 0 radical (unpaired) electrons. The fraction of sp³-hybridized carbons (Fsp3) is 0.0500. The molecule has 0 spiro atoms. The number of nitrogens with one attached hydrogen (secondary N) is 1. The number of aromatic nitrogens is 1. The summed E-state index contributed by atoms with van der Waals surface area (Å²) in [6, 6.07) is 15.1. The van der Waals surface area contributed by atoms with Gasteiger partial charge in [0.2, 0.25) is 0 Å². The second-order valence-electron chi connectivity index (χ2n) is 5.84. The number of aliphatic imine (C=N–C) groups is 1. The summed E-state index contributed by atoms with van der Waals surface area (Å²) in [5.41, 5.74) is 2.59. The van der Waals surface area contributed by atoms with Gasteiger partial charge in [-0.2, -0.15) is 0 Å². The molecule has 134 valence electrons. The molecule has 1 saturated heterocycles. The summed E-state index contributed by atoms with van der Waals surface area (Å²) in [4.78, 5) is 21.6. The molecule has 0 unspecified atom stereocenters. The molecule has 1 amide bonds. The molecule has 4 rings (SSSR count). The first kappa shape index (κ1) is 18.0. The number of thioether (sulfide) groups is 1. The molecule has 0 atom stereocenters. The molecule has 0 aliphatic carbocycles. The zero-order chi connectivity index (χ0) is 18.8. The largest absolute Gasteiger partial charge is 0.301 e. The number of halogens is 2. The Bertz CT molecular complexity index is 1090. The third kappa shape index (κ3) is 4.00. The predicted molar refractivity (Wildman–Crippen MR) is 113 cm³/mol. The lowest BCUT2D eigenvalue weighted by atomic mass is 10.1. The van der Waals surface area contributed by atoms with Crippen LogP contribution in [0.25, 0.3) is 17.0 Å². The van der Waals surface area contributed by atoms with Gasteiger partial charge in [-0.05, 0) is 53.7 Å². The van der Waals surface area contributed by atoms with Gasteiger partial charge < -0.3 is 5.32 Å². The lowest BCUT2D eigenvalue weighted by Gasteiger charge is -2.03. The van der Waals surface area contributed by atoms with Gasteiger partial charge in [-0.25, -0.2) is 0 Å². The summed E-state index contributed by atoms with van der Waals surface area (Å²) in [5.74, 6) is -0.171. The van der Waals surface area contributed by atoms with Crippen molar-refractivity contribution in [3.63, 3.8) is 0 Å². The molecule has 1 aliphatic rings. The molecule has 3 aromatic rings. The summed E-state index contributed by atoms with van der Waals surface area (Å²) in [6.45, 7) is 0.302. The lowest BCUT2D eigenvalue weighted by molar-refractivity contribution is -0.115. The zero-order valence-electron chi connectivity index (χ0n) is 13.9. The summed E-state index contributed by atoms with van der Waals surface area (Å²) in [6.07, 6.45) is 3.60. The molecular weight excluding hydrogens is 401 g/mol. The fourth-order valence-corrected chi connectivity index (χ4v) is 4.01. The number of pyridine rings is 1. The van der Waals surface area contributed by atoms with E-state index in [0.29, 0.717) is 26.7 Å². The minimum Gasteiger partial charge on any atom is -0.301 e. The Kier molecular flexibility index (Phi) is 5.16. The molecule has 27 heavy (non-hydrogen) atoms. The van der Waals surface area contributed by atoms with Crippen LogP contribution in [-0.2, 0) is 11.3 Å². The number of carbonyl (C=O) groups is 1. The van der Waals surface area contributed by atoms with Crippen molar-refractivity contribution >= 4 is 63.0 Å². The highest BCUT2D eigenvalue weighted by Crippen LogP contribution is 2.29. The lowest BCUT2D eigenvalue weighted by Crippen LogP contribution is -2.19. The van der Waals surface area contributed by atoms with Crippen LogP contribution in [0.1, 0.15) is 11.1 Å². The molecule has 0 bridgehead atoms. The van der Waals surface area contributed by atoms with E-state index in [1.54, 1.807) is 24.4 Å². The van der Waals surface area contributed by atoms with Gasteiger partial charge in [0.05, 0.1) is 17.0 Å². The van der Waals surface area contributed by atoms with Crippen molar-refractivity contribution < 1.29 is 4.79 Å². The van der Waals surface area contributed by atoms with Crippen LogP contribution in [0.15, 0.2) is 64.6 Å². The maximum absolute atomic E-state index is 12.3. The predicted octanol–water partition coefficient (Wildman–Crippen LogP) is 5.30. The van der Waals surface area contributed by atoms with E-state index < -0.39 is 0 Å². The second kappa shape index (κ2) is 7.72. The van der Waals surface area contributed by atoms with Crippen LogP contribution < -0.4 is 5.32 Å². The summed E-state index contributed by atoms with van der Waals surface area (Å²) in [5, 5.41) is 5.45. The first-order valence-electron chi connectivity index (χ1n) is 8.13. The van der Waals surface area contributed by atoms with Crippen LogP contribution in [0, 0.1) is 0 Å². The van der Waals surface area contributed by atoms with E-state index in [1.165, 1.54) is 11.8 Å². The van der Waals surface area contributed by atoms with E-state index in [2.05, 4.69) is 15.3 Å². The highest BCUT2D eigenvalue weighted by atomic mass is 35.5. The molecule has 2 heterocycles. The Labute approximate surface area is 170 Å². The van der Waals surface area contributed by atoms with Crippen LogP contribution in [0.2, 0.25) is 10.0 Å². The number of amides is 1. The number of rotatable bonds is 3. The van der Waals surface area contributed by atoms with Crippen molar-refractivity contribution in [2.24, 2.45) is 4.99 Å². The van der Waals surface area contributed by atoms with Crippen LogP contribution in [0.4, 0.5) is 0 Å². The Hall–Kier alpha value is -2.34. The van der Waals surface area contributed by atoms with E-state index in [0.717, 1.165) is 22.0 Å². The Balaban J connectivity index is 1.55. The molecule has 4 nitrogen and oxygen atoms in total. The third-order valence-electron chi connectivity index (χ3n) is 4.02. The average Bonchev–Trinajstić information content (AvgIpc) is 3.00. The Morgan fingerprint density at radius 2 is 1.93 bits per heavy atom. The average molecular weight is 414 g/mol. The first-order chi connectivity index (χ1) is 13.1. The maximum Gasteiger partial charge on any atom is 0.264 e. The minimum atomic E-state index is -0.171. The maximum atomic E-state index is 12.3. The SMILES string of the molecule is O=C1NC(=NCc2c(Cl)cccc2Cl)S/C1=C\c1ccc2ncccc2c1. The first-order valence-corrected chi connectivity index (χ1v) is 9.70. The van der Waals surface area contributed by atoms with Crippen molar-refractivity contribution in [1.82, 2.24) is 10.3 Å². The van der Waals surface area contributed by atoms with Gasteiger partial charge >= 0.3 is 0 Å². The van der Waals surface area contributed by atoms with Crippen LogP contribution in [0.3, 0.4) is 0 Å². The number of amidine groups is 1. The summed E-state index contributed by atoms with van der Waals surface area (Å²) < 4.78 is 0. The molecule has 2 aromatic carbocycles. The normalized spacial score (nSPS) is 17.0. The van der Waals surface area contributed by atoms with Crippen molar-refractivity contribution in [3.8, 4) is 0 Å². The molecule has 7 heteroatoms. The van der Waals surface area contributed by atoms with Gasteiger partial charge in [0.25, 0.3) is 5.91 Å². The molecular formula is C20H13Cl2N3OS. The van der Waals surface area contributed by atoms with Gasteiger partial charge in [0, 0.05) is 27.2 Å². The molecule has 1 fully saturated rings. The smallest absolute Gasteiger partial charge is 0.264 e. The van der Waals surface area contributed by atoms with Crippen LogP contribution in [-0.4, -0.2) is 16.1 Å². The van der Waals surface area contributed by atoms with Crippen LogP contribution >= 0.6 is 35.0 Å². The number of hydrogen-bond donors (Lipinski definition) is 1. The summed E-state index contributed by atoms with van der Waals surface area (Å²) >= 11 is 13.6. The minimum absolute atomic E-state index is 0.171. The topological polar surface area (TPSA) is 54.4 Å². The van der Waals surface area contributed by atoms with E-state index in [1.807, 2.05) is 36.4 Å². The van der Waals surface area contributed by atoms with Crippen molar-refractivity contribution in [2.75, 3.05) is 0 Å². The number of benzene rings is 2. The molecule has 1 N–H and O–H groups in total. The van der Waals surface area contributed by atoms with Gasteiger partial charge in [-0.1, -0.05) is 41.4 Å². The number of carbonyl (C=O) groups excluding carboxylic acids is 1. The Morgan fingerprint density at radius 1 is 1.11 bits per heavy atom. The van der Waals surface area contributed by atoms with E-state index in [4.69, 9.17) is 23.2 Å². The molecule has 1 aromatic heterocycles. The van der Waals surface area contributed by atoms with Crippen molar-refractivity contribution in [1.29, 1.82) is 0 Å². The van der Waals surface area contributed by atoms with E-state index >= 15 is 0 Å². The summed E-state index contributed by atoms with van der Waals surface area (Å²) in [7, 11) is 0. The molecule has 0 saturated carbocycles. The highest BCUT2D eigenvalue weighted by Gasteiger charge is 2.23.